The summed E-state index contributed by atoms with van der Waals surface area (Å²) in [5.74, 6) is 1.43. The number of benzene rings is 1. The summed E-state index contributed by atoms with van der Waals surface area (Å²) in [5.41, 5.74) is 5.99. The molecule has 1 unspecified atom stereocenters. The molecule has 0 radical (unpaired) electrons. The number of rotatable bonds is 10. The average molecular weight is 597 g/mol. The number of aliphatic imine (C=N–C) groups is 1. The van der Waals surface area contributed by atoms with Crippen LogP contribution >= 0.6 is 0 Å². The number of hydrogen-bond donors (Lipinski definition) is 2. The van der Waals surface area contributed by atoms with Gasteiger partial charge in [-0.3, -0.25) is 4.79 Å². The van der Waals surface area contributed by atoms with E-state index >= 15 is 0 Å². The van der Waals surface area contributed by atoms with Gasteiger partial charge in [-0.2, -0.15) is 10.3 Å². The molecular formula is C32H48N6O5. The number of likely N-dealkylation sites (tertiary alicyclic amines) is 2. The predicted molar refractivity (Wildman–Crippen MR) is 165 cm³/mol. The SMILES string of the molecule is CC(C)C(N)=NC(=O)N1CCC(CCCOc2ccc(CC(NC(=O)OC(C)(C)C)C(=O)N3CCC[C@H]3C#N)cc2)CC1. The van der Waals surface area contributed by atoms with E-state index in [1.54, 1.807) is 30.6 Å². The summed E-state index contributed by atoms with van der Waals surface area (Å²) in [6.45, 7) is 11.6. The molecule has 2 atom stereocenters. The highest BCUT2D eigenvalue weighted by atomic mass is 16.6. The Morgan fingerprint density at radius 1 is 1.12 bits per heavy atom. The molecule has 43 heavy (non-hydrogen) atoms. The van der Waals surface area contributed by atoms with Crippen LogP contribution in [-0.4, -0.2) is 77.6 Å². The molecule has 2 aliphatic heterocycles. The standard InChI is InChI=1S/C32H48N6O5/c1-22(2)28(34)36-30(40)37-17-14-23(15-18-37)8-7-19-42-26-12-10-24(11-13-26)20-27(35-31(41)43-32(3,4)5)29(39)38-16-6-9-25(38)21-33/h10-13,22-23,25,27H,6-9,14-20H2,1-5H3,(H,35,41)(H2,34,36,40)/t25-,27?/m0/s1. The first-order chi connectivity index (χ1) is 20.4. The maximum Gasteiger partial charge on any atom is 0.408 e. The Balaban J connectivity index is 1.47. The van der Waals surface area contributed by atoms with Crippen molar-refractivity contribution in [2.75, 3.05) is 26.2 Å². The summed E-state index contributed by atoms with van der Waals surface area (Å²) in [4.78, 5) is 45.6. The van der Waals surface area contributed by atoms with E-state index in [-0.39, 0.29) is 24.3 Å². The second-order valence-corrected chi connectivity index (χ2v) is 12.8. The maximum absolute atomic E-state index is 13.4. The molecule has 2 heterocycles. The molecular weight excluding hydrogens is 548 g/mol. The summed E-state index contributed by atoms with van der Waals surface area (Å²) < 4.78 is 11.4. The molecule has 0 bridgehead atoms. The van der Waals surface area contributed by atoms with Gasteiger partial charge in [0.2, 0.25) is 5.91 Å². The Kier molecular flexibility index (Phi) is 12.2. The van der Waals surface area contributed by atoms with Crippen molar-refractivity contribution in [2.24, 2.45) is 22.6 Å². The first kappa shape index (κ1) is 33.7. The topological polar surface area (TPSA) is 150 Å². The highest BCUT2D eigenvalue weighted by molar-refractivity contribution is 5.93. The minimum absolute atomic E-state index is 0.0537. The monoisotopic (exact) mass is 596 g/mol. The highest BCUT2D eigenvalue weighted by Gasteiger charge is 2.35. The van der Waals surface area contributed by atoms with Crippen molar-refractivity contribution in [1.29, 1.82) is 5.26 Å². The fourth-order valence-corrected chi connectivity index (χ4v) is 5.26. The van der Waals surface area contributed by atoms with E-state index in [1.165, 1.54) is 0 Å². The molecule has 3 N–H and O–H groups in total. The van der Waals surface area contributed by atoms with Crippen molar-refractivity contribution >= 4 is 23.9 Å². The number of hydrogen-bond acceptors (Lipinski definition) is 6. The molecule has 2 fully saturated rings. The zero-order valence-corrected chi connectivity index (χ0v) is 26.3. The summed E-state index contributed by atoms with van der Waals surface area (Å²) in [7, 11) is 0. The number of ether oxygens (including phenoxy) is 2. The van der Waals surface area contributed by atoms with Gasteiger partial charge in [-0.25, -0.2) is 9.59 Å². The zero-order chi connectivity index (χ0) is 31.6. The Labute approximate surface area is 255 Å². The second kappa shape index (κ2) is 15.6. The number of carbonyl (C=O) groups is 3. The smallest absolute Gasteiger partial charge is 0.408 e. The second-order valence-electron chi connectivity index (χ2n) is 12.8. The third-order valence-corrected chi connectivity index (χ3v) is 7.76. The summed E-state index contributed by atoms with van der Waals surface area (Å²) >= 11 is 0. The van der Waals surface area contributed by atoms with Crippen molar-refractivity contribution in [2.45, 2.75) is 97.2 Å². The Hall–Kier alpha value is -3.81. The van der Waals surface area contributed by atoms with Gasteiger partial charge in [-0.1, -0.05) is 26.0 Å². The zero-order valence-electron chi connectivity index (χ0n) is 26.3. The molecule has 0 aromatic heterocycles. The summed E-state index contributed by atoms with van der Waals surface area (Å²) in [6.07, 6.45) is 4.82. The minimum atomic E-state index is -0.850. The molecule has 0 saturated carbocycles. The number of amides is 4. The van der Waals surface area contributed by atoms with Gasteiger partial charge in [0.25, 0.3) is 0 Å². The van der Waals surface area contributed by atoms with Crippen LogP contribution in [0.1, 0.15) is 78.7 Å². The number of nitriles is 1. The van der Waals surface area contributed by atoms with Gasteiger partial charge in [0.05, 0.1) is 12.7 Å². The van der Waals surface area contributed by atoms with Crippen molar-refractivity contribution in [3.8, 4) is 11.8 Å². The van der Waals surface area contributed by atoms with Crippen LogP contribution in [0, 0.1) is 23.2 Å². The maximum atomic E-state index is 13.4. The lowest BCUT2D eigenvalue weighted by molar-refractivity contribution is -0.133. The Morgan fingerprint density at radius 3 is 2.40 bits per heavy atom. The van der Waals surface area contributed by atoms with Gasteiger partial charge in [0, 0.05) is 32.0 Å². The lowest BCUT2D eigenvalue weighted by Crippen LogP contribution is -2.51. The van der Waals surface area contributed by atoms with Crippen LogP contribution in [0.2, 0.25) is 0 Å². The number of nitrogens with two attached hydrogens (primary N) is 1. The third kappa shape index (κ3) is 10.8. The number of urea groups is 1. The number of alkyl carbamates (subject to hydrolysis) is 1. The number of amidine groups is 1. The lowest BCUT2D eigenvalue weighted by atomic mass is 9.92. The van der Waals surface area contributed by atoms with Gasteiger partial charge in [-0.15, -0.1) is 0 Å². The number of carbonyl (C=O) groups excluding carboxylic acids is 3. The quantitative estimate of drug-likeness (QED) is 0.227. The van der Waals surface area contributed by atoms with Crippen molar-refractivity contribution in [1.82, 2.24) is 15.1 Å². The van der Waals surface area contributed by atoms with Gasteiger partial charge < -0.3 is 30.3 Å². The normalized spacial score (nSPS) is 18.7. The fraction of sp³-hybridized carbons (Fsp3) is 0.656. The van der Waals surface area contributed by atoms with Gasteiger partial charge >= 0.3 is 12.1 Å². The predicted octanol–water partition coefficient (Wildman–Crippen LogP) is 4.64. The van der Waals surface area contributed by atoms with Crippen molar-refractivity contribution < 1.29 is 23.9 Å². The Bertz CT molecular complexity index is 1160. The third-order valence-electron chi connectivity index (χ3n) is 7.76. The van der Waals surface area contributed by atoms with E-state index in [0.29, 0.717) is 44.4 Å². The minimum Gasteiger partial charge on any atom is -0.494 e. The molecule has 4 amide bonds. The van der Waals surface area contributed by atoms with E-state index in [2.05, 4.69) is 16.4 Å². The van der Waals surface area contributed by atoms with Crippen LogP contribution in [0.5, 0.6) is 5.75 Å². The lowest BCUT2D eigenvalue weighted by Gasteiger charge is -2.30. The average Bonchev–Trinajstić information content (AvgIpc) is 3.43. The number of nitrogens with zero attached hydrogens (tertiary/aromatic N) is 4. The molecule has 0 spiro atoms. The molecule has 0 aliphatic carbocycles. The van der Waals surface area contributed by atoms with Gasteiger partial charge in [0.15, 0.2) is 0 Å². The fourth-order valence-electron chi connectivity index (χ4n) is 5.26. The molecule has 11 nitrogen and oxygen atoms in total. The summed E-state index contributed by atoms with van der Waals surface area (Å²) in [6, 6.07) is 8.13. The largest absolute Gasteiger partial charge is 0.494 e. The van der Waals surface area contributed by atoms with Crippen molar-refractivity contribution in [3.05, 3.63) is 29.8 Å². The Morgan fingerprint density at radius 2 is 1.79 bits per heavy atom. The molecule has 2 saturated heterocycles. The number of nitrogens with one attached hydrogen (secondary N) is 1. The number of piperidine rings is 1. The molecule has 3 rings (SSSR count). The van der Waals surface area contributed by atoms with E-state index < -0.39 is 23.8 Å². The van der Waals surface area contributed by atoms with Crippen LogP contribution in [-0.2, 0) is 16.0 Å². The van der Waals surface area contributed by atoms with Gasteiger partial charge in [0.1, 0.15) is 29.3 Å². The highest BCUT2D eigenvalue weighted by Crippen LogP contribution is 2.24. The van der Waals surface area contributed by atoms with E-state index in [9.17, 15) is 19.6 Å². The van der Waals surface area contributed by atoms with Crippen LogP contribution < -0.4 is 15.8 Å². The first-order valence-electron chi connectivity index (χ1n) is 15.4. The van der Waals surface area contributed by atoms with Gasteiger partial charge in [-0.05, 0) is 82.9 Å². The molecule has 11 heteroatoms. The molecule has 2 aliphatic rings. The van der Waals surface area contributed by atoms with E-state index in [4.69, 9.17) is 15.2 Å². The molecule has 236 valence electrons. The van der Waals surface area contributed by atoms with E-state index in [1.807, 2.05) is 38.1 Å². The van der Waals surface area contributed by atoms with Crippen LogP contribution in [0.4, 0.5) is 9.59 Å². The summed E-state index contributed by atoms with van der Waals surface area (Å²) in [5, 5.41) is 12.2. The first-order valence-corrected chi connectivity index (χ1v) is 15.4. The van der Waals surface area contributed by atoms with Crippen LogP contribution in [0.3, 0.4) is 0 Å². The molecule has 1 aromatic rings. The van der Waals surface area contributed by atoms with Crippen LogP contribution in [0.15, 0.2) is 29.3 Å². The van der Waals surface area contributed by atoms with Crippen LogP contribution in [0.25, 0.3) is 0 Å². The molecule has 1 aromatic carbocycles. The van der Waals surface area contributed by atoms with Crippen molar-refractivity contribution in [3.63, 3.8) is 0 Å². The van der Waals surface area contributed by atoms with E-state index in [0.717, 1.165) is 43.4 Å².